The van der Waals surface area contributed by atoms with Crippen molar-refractivity contribution in [3.63, 3.8) is 0 Å². The van der Waals surface area contributed by atoms with Crippen molar-refractivity contribution < 1.29 is 14.3 Å². The van der Waals surface area contributed by atoms with Crippen molar-refractivity contribution >= 4 is 23.2 Å². The number of rotatable bonds is 3. The molecule has 2 rings (SSSR count). The minimum atomic E-state index is -0.521. The number of nitrogens with zero attached hydrogens (tertiary/aromatic N) is 1. The fourth-order valence-electron chi connectivity index (χ4n) is 2.45. The molecule has 0 unspecified atom stereocenters. The largest absolute Gasteiger partial charge is 0.458 e. The second-order valence-corrected chi connectivity index (χ2v) is 7.48. The molecule has 0 bridgehead atoms. The molecule has 0 spiro atoms. The lowest BCUT2D eigenvalue weighted by Crippen LogP contribution is -2.43. The van der Waals surface area contributed by atoms with Gasteiger partial charge in [0.15, 0.2) is 0 Å². The number of ether oxygens (including phenoxy) is 1. The van der Waals surface area contributed by atoms with E-state index >= 15 is 0 Å². The topological polar surface area (TPSA) is 46.6 Å². The molecule has 0 aromatic carbocycles. The number of likely N-dealkylation sites (tertiary alicyclic amines) is 1. The highest BCUT2D eigenvalue weighted by Gasteiger charge is 2.37. The Morgan fingerprint density at radius 2 is 2.10 bits per heavy atom. The number of hydrogen-bond donors (Lipinski definition) is 0. The van der Waals surface area contributed by atoms with E-state index in [0.717, 1.165) is 12.8 Å². The molecule has 21 heavy (non-hydrogen) atoms. The molecular weight excluding hydrogens is 286 g/mol. The number of carbonyl (C=O) groups is 2. The van der Waals surface area contributed by atoms with Gasteiger partial charge in [-0.1, -0.05) is 6.92 Å². The van der Waals surface area contributed by atoms with Gasteiger partial charge in [0.05, 0.1) is 4.88 Å². The van der Waals surface area contributed by atoms with E-state index in [9.17, 15) is 9.59 Å². The van der Waals surface area contributed by atoms with Crippen LogP contribution in [0.1, 0.15) is 55.1 Å². The van der Waals surface area contributed by atoms with Crippen LogP contribution in [0, 0.1) is 0 Å². The first-order valence-corrected chi connectivity index (χ1v) is 8.26. The molecule has 4 nitrogen and oxygen atoms in total. The van der Waals surface area contributed by atoms with Crippen molar-refractivity contribution in [3.05, 3.63) is 21.9 Å². The Labute approximate surface area is 130 Å². The molecule has 1 aromatic rings. The second-order valence-electron chi connectivity index (χ2n) is 6.31. The first-order valence-electron chi connectivity index (χ1n) is 7.44. The lowest BCUT2D eigenvalue weighted by atomic mass is 10.1. The predicted octanol–water partition coefficient (Wildman–Crippen LogP) is 3.26. The number of amides is 1. The summed E-state index contributed by atoms with van der Waals surface area (Å²) >= 11 is 1.51. The first-order chi connectivity index (χ1) is 9.81. The van der Waals surface area contributed by atoms with Gasteiger partial charge < -0.3 is 9.64 Å². The molecule has 0 N–H and O–H groups in total. The van der Waals surface area contributed by atoms with E-state index in [1.54, 1.807) is 4.90 Å². The Morgan fingerprint density at radius 3 is 2.67 bits per heavy atom. The Morgan fingerprint density at radius 1 is 1.38 bits per heavy atom. The van der Waals surface area contributed by atoms with Crippen molar-refractivity contribution in [2.45, 2.75) is 58.6 Å². The average molecular weight is 309 g/mol. The van der Waals surface area contributed by atoms with Gasteiger partial charge in [0.2, 0.25) is 0 Å². The van der Waals surface area contributed by atoms with Crippen LogP contribution in [0.4, 0.5) is 0 Å². The van der Waals surface area contributed by atoms with E-state index in [1.807, 2.05) is 32.9 Å². The molecule has 1 fully saturated rings. The quantitative estimate of drug-likeness (QED) is 0.805. The minimum Gasteiger partial charge on any atom is -0.458 e. The van der Waals surface area contributed by atoms with Gasteiger partial charge in [-0.2, -0.15) is 0 Å². The molecule has 1 atom stereocenters. The molecule has 1 amide bonds. The third-order valence-corrected chi connectivity index (χ3v) is 4.63. The van der Waals surface area contributed by atoms with Crippen LogP contribution in [-0.2, 0) is 16.0 Å². The van der Waals surface area contributed by atoms with Gasteiger partial charge >= 0.3 is 5.97 Å². The van der Waals surface area contributed by atoms with Gasteiger partial charge in [-0.25, -0.2) is 4.79 Å². The maximum absolute atomic E-state index is 12.6. The molecule has 0 aliphatic carbocycles. The zero-order chi connectivity index (χ0) is 15.6. The SMILES string of the molecule is CCc1ccc(C(=O)N2CCC[C@H]2C(=O)OC(C)(C)C)s1. The third kappa shape index (κ3) is 3.84. The highest BCUT2D eigenvalue weighted by molar-refractivity contribution is 7.14. The van der Waals surface area contributed by atoms with Crippen LogP contribution in [0.15, 0.2) is 12.1 Å². The summed E-state index contributed by atoms with van der Waals surface area (Å²) in [6.45, 7) is 8.23. The van der Waals surface area contributed by atoms with Crippen molar-refractivity contribution in [3.8, 4) is 0 Å². The monoisotopic (exact) mass is 309 g/mol. The Hall–Kier alpha value is -1.36. The van der Waals surface area contributed by atoms with Crippen LogP contribution in [0.3, 0.4) is 0 Å². The minimum absolute atomic E-state index is 0.0481. The fraction of sp³-hybridized carbons (Fsp3) is 0.625. The highest BCUT2D eigenvalue weighted by Crippen LogP contribution is 2.26. The van der Waals surface area contributed by atoms with Crippen LogP contribution < -0.4 is 0 Å². The van der Waals surface area contributed by atoms with Gasteiger partial charge in [-0.3, -0.25) is 4.79 Å². The standard InChI is InChI=1S/C16H23NO3S/c1-5-11-8-9-13(21-11)14(18)17-10-6-7-12(17)15(19)20-16(2,3)4/h8-9,12H,5-7,10H2,1-4H3/t12-/m0/s1. The van der Waals surface area contributed by atoms with Gasteiger partial charge in [0, 0.05) is 11.4 Å². The van der Waals surface area contributed by atoms with Crippen molar-refractivity contribution in [1.29, 1.82) is 0 Å². The summed E-state index contributed by atoms with van der Waals surface area (Å²) < 4.78 is 5.43. The number of hydrogen-bond acceptors (Lipinski definition) is 4. The number of carbonyl (C=O) groups excluding carboxylic acids is 2. The number of esters is 1. The van der Waals surface area contributed by atoms with E-state index in [1.165, 1.54) is 16.2 Å². The van der Waals surface area contributed by atoms with E-state index in [4.69, 9.17) is 4.74 Å². The summed E-state index contributed by atoms with van der Waals surface area (Å²) in [7, 11) is 0. The van der Waals surface area contributed by atoms with Crippen molar-refractivity contribution in [1.82, 2.24) is 4.90 Å². The average Bonchev–Trinajstić information content (AvgIpc) is 3.05. The normalized spacial score (nSPS) is 18.9. The van der Waals surface area contributed by atoms with Gasteiger partial charge in [-0.15, -0.1) is 11.3 Å². The van der Waals surface area contributed by atoms with E-state index in [0.29, 0.717) is 17.8 Å². The summed E-state index contributed by atoms with van der Waals surface area (Å²) in [5.41, 5.74) is -0.521. The van der Waals surface area contributed by atoms with Crippen LogP contribution in [0.25, 0.3) is 0 Å². The molecule has 0 saturated carbocycles. The smallest absolute Gasteiger partial charge is 0.329 e. The molecule has 1 aromatic heterocycles. The molecule has 1 aliphatic rings. The fourth-order valence-corrected chi connectivity index (χ4v) is 3.35. The molecule has 5 heteroatoms. The third-order valence-electron chi connectivity index (χ3n) is 3.41. The van der Waals surface area contributed by atoms with Gasteiger partial charge in [0.25, 0.3) is 5.91 Å². The van der Waals surface area contributed by atoms with Crippen molar-refractivity contribution in [2.75, 3.05) is 6.54 Å². The molecule has 0 radical (unpaired) electrons. The van der Waals surface area contributed by atoms with Crippen molar-refractivity contribution in [2.24, 2.45) is 0 Å². The molecular formula is C16H23NO3S. The molecule has 2 heterocycles. The van der Waals surface area contributed by atoms with E-state index in [2.05, 4.69) is 6.92 Å². The van der Waals surface area contributed by atoms with E-state index < -0.39 is 11.6 Å². The Bertz CT molecular complexity index is 530. The first kappa shape index (κ1) is 16.0. The zero-order valence-corrected chi connectivity index (χ0v) is 14.0. The summed E-state index contributed by atoms with van der Waals surface area (Å²) in [6, 6.07) is 3.40. The predicted molar refractivity (Wildman–Crippen MR) is 83.6 cm³/mol. The van der Waals surface area contributed by atoms with Crippen LogP contribution in [0.5, 0.6) is 0 Å². The summed E-state index contributed by atoms with van der Waals surface area (Å²) in [5, 5.41) is 0. The van der Waals surface area contributed by atoms with Crippen LogP contribution in [0.2, 0.25) is 0 Å². The molecule has 116 valence electrons. The van der Waals surface area contributed by atoms with Crippen LogP contribution >= 0.6 is 11.3 Å². The number of aryl methyl sites for hydroxylation is 1. The number of thiophene rings is 1. The lowest BCUT2D eigenvalue weighted by molar-refractivity contribution is -0.159. The highest BCUT2D eigenvalue weighted by atomic mass is 32.1. The zero-order valence-electron chi connectivity index (χ0n) is 13.1. The Balaban J connectivity index is 2.11. The molecule has 1 saturated heterocycles. The summed E-state index contributed by atoms with van der Waals surface area (Å²) in [4.78, 5) is 28.4. The van der Waals surface area contributed by atoms with E-state index in [-0.39, 0.29) is 11.9 Å². The van der Waals surface area contributed by atoms with Gasteiger partial charge in [0.1, 0.15) is 11.6 Å². The van der Waals surface area contributed by atoms with Gasteiger partial charge in [-0.05, 0) is 52.2 Å². The lowest BCUT2D eigenvalue weighted by Gasteiger charge is -2.27. The summed E-state index contributed by atoms with van der Waals surface area (Å²) in [6.07, 6.45) is 2.46. The second kappa shape index (κ2) is 6.18. The molecule has 1 aliphatic heterocycles. The summed E-state index contributed by atoms with van der Waals surface area (Å²) in [5.74, 6) is -0.339. The Kier molecular flexibility index (Phi) is 4.71. The van der Waals surface area contributed by atoms with Crippen LogP contribution in [-0.4, -0.2) is 35.0 Å². The maximum atomic E-state index is 12.6. The maximum Gasteiger partial charge on any atom is 0.329 e.